The van der Waals surface area contributed by atoms with Gasteiger partial charge in [-0.2, -0.15) is 0 Å². The molecule has 46 heavy (non-hydrogen) atoms. The zero-order valence-corrected chi connectivity index (χ0v) is 26.8. The van der Waals surface area contributed by atoms with Crippen molar-refractivity contribution in [1.82, 2.24) is 5.32 Å². The first kappa shape index (κ1) is 33.9. The maximum Gasteiger partial charge on any atom is 0.305 e. The summed E-state index contributed by atoms with van der Waals surface area (Å²) in [7, 11) is -3.42. The molecule has 11 heteroatoms. The zero-order valence-electron chi connectivity index (χ0n) is 25.9. The number of rotatable bonds is 17. The summed E-state index contributed by atoms with van der Waals surface area (Å²) < 4.78 is 38.3. The van der Waals surface area contributed by atoms with E-state index in [4.69, 9.17) is 14.6 Å². The molecule has 4 aromatic carbocycles. The number of ether oxygens (including phenoxy) is 2. The van der Waals surface area contributed by atoms with E-state index in [1.54, 1.807) is 18.2 Å². The van der Waals surface area contributed by atoms with Gasteiger partial charge in [-0.05, 0) is 78.6 Å². The lowest BCUT2D eigenvalue weighted by atomic mass is 10.1. The van der Waals surface area contributed by atoms with Gasteiger partial charge < -0.3 is 24.8 Å². The molecule has 4 rings (SSSR count). The van der Waals surface area contributed by atoms with Gasteiger partial charge in [-0.25, -0.2) is 8.42 Å². The first-order valence-corrected chi connectivity index (χ1v) is 16.8. The van der Waals surface area contributed by atoms with Gasteiger partial charge in [0.1, 0.15) is 17.2 Å². The van der Waals surface area contributed by atoms with E-state index < -0.39 is 16.0 Å². The first-order chi connectivity index (χ1) is 22.1. The van der Waals surface area contributed by atoms with E-state index in [-0.39, 0.29) is 25.3 Å². The van der Waals surface area contributed by atoms with Gasteiger partial charge in [0.25, 0.3) is 0 Å². The molecule has 0 heterocycles. The molecule has 1 amide bonds. The summed E-state index contributed by atoms with van der Waals surface area (Å²) in [6, 6.07) is 30.8. The van der Waals surface area contributed by atoms with Crippen LogP contribution in [0, 0.1) is 6.92 Å². The molecule has 242 valence electrons. The van der Waals surface area contributed by atoms with Crippen molar-refractivity contribution in [1.29, 1.82) is 0 Å². The number of carboxylic acids is 1. The maximum atomic E-state index is 11.9. The summed E-state index contributed by atoms with van der Waals surface area (Å²) in [5, 5.41) is 11.2. The molecule has 0 fully saturated rings. The third kappa shape index (κ3) is 11.2. The second kappa shape index (κ2) is 16.3. The van der Waals surface area contributed by atoms with E-state index in [0.717, 1.165) is 28.6 Å². The van der Waals surface area contributed by atoms with Gasteiger partial charge in [-0.1, -0.05) is 48.5 Å². The van der Waals surface area contributed by atoms with Crippen LogP contribution in [0.5, 0.6) is 17.2 Å². The molecule has 0 aliphatic heterocycles. The van der Waals surface area contributed by atoms with Crippen LogP contribution in [0.1, 0.15) is 36.0 Å². The van der Waals surface area contributed by atoms with E-state index in [9.17, 15) is 18.0 Å². The molecule has 0 bridgehead atoms. The Bertz CT molecular complexity index is 1690. The lowest BCUT2D eigenvalue weighted by Crippen LogP contribution is -2.26. The highest BCUT2D eigenvalue weighted by Gasteiger charge is 2.15. The minimum absolute atomic E-state index is 0.0998. The van der Waals surface area contributed by atoms with Gasteiger partial charge in [-0.3, -0.25) is 14.3 Å². The quantitative estimate of drug-likeness (QED) is 0.117. The van der Waals surface area contributed by atoms with Crippen molar-refractivity contribution >= 4 is 33.3 Å². The Hall–Kier alpha value is -5.03. The molecule has 0 atom stereocenters. The smallest absolute Gasteiger partial charge is 0.305 e. The lowest BCUT2D eigenvalue weighted by molar-refractivity contribution is -0.136. The van der Waals surface area contributed by atoms with Crippen molar-refractivity contribution in [3.8, 4) is 17.2 Å². The fourth-order valence-electron chi connectivity index (χ4n) is 4.75. The molecule has 0 aliphatic carbocycles. The van der Waals surface area contributed by atoms with Crippen molar-refractivity contribution < 1.29 is 32.6 Å². The summed E-state index contributed by atoms with van der Waals surface area (Å²) in [6.07, 6.45) is 1.81. The molecule has 0 unspecified atom stereocenters. The van der Waals surface area contributed by atoms with Crippen LogP contribution in [0.2, 0.25) is 0 Å². The van der Waals surface area contributed by atoms with Crippen molar-refractivity contribution in [2.24, 2.45) is 0 Å². The minimum Gasteiger partial charge on any atom is -0.494 e. The van der Waals surface area contributed by atoms with Crippen LogP contribution in [0.15, 0.2) is 97.1 Å². The summed E-state index contributed by atoms with van der Waals surface area (Å²) in [5.74, 6) is 0.829. The van der Waals surface area contributed by atoms with Gasteiger partial charge in [0.2, 0.25) is 15.9 Å². The monoisotopic (exact) mass is 645 g/mol. The molecule has 0 saturated heterocycles. The van der Waals surface area contributed by atoms with E-state index in [2.05, 4.69) is 27.1 Å². The summed E-state index contributed by atoms with van der Waals surface area (Å²) in [4.78, 5) is 24.5. The van der Waals surface area contributed by atoms with Gasteiger partial charge in [0.05, 0.1) is 25.0 Å². The Balaban J connectivity index is 1.35. The second-order valence-corrected chi connectivity index (χ2v) is 12.6. The van der Waals surface area contributed by atoms with Crippen LogP contribution in [0.3, 0.4) is 0 Å². The number of sulfonamides is 1. The standard InChI is InChI=1S/C35H39N3O7S/c1-26-32(37-46(2,42)43)10-6-11-33(26)38(24-27-8-4-3-5-9-27)25-28-13-15-30(16-14-28)45-31-19-17-29(18-20-31)44-23-7-12-34(39)36-22-21-35(40)41/h3-6,8-11,13-20,37H,7,12,21-25H2,1-2H3,(H,36,39)(H,40,41). The number of benzene rings is 4. The Labute approximate surface area is 270 Å². The molecule has 4 aromatic rings. The SMILES string of the molecule is Cc1c(NS(C)(=O)=O)cccc1N(Cc1ccccc1)Cc1ccc(Oc2ccc(OCCCC(=O)NCCC(=O)O)cc2)cc1. The third-order valence-corrected chi connectivity index (χ3v) is 7.58. The Morgan fingerprint density at radius 2 is 1.39 bits per heavy atom. The predicted octanol–water partition coefficient (Wildman–Crippen LogP) is 6.12. The van der Waals surface area contributed by atoms with Gasteiger partial charge >= 0.3 is 5.97 Å². The fraction of sp³-hybridized carbons (Fsp3) is 0.257. The molecule has 0 aliphatic rings. The average molecular weight is 646 g/mol. The van der Waals surface area contributed by atoms with E-state index in [0.29, 0.717) is 49.1 Å². The molecule has 0 aromatic heterocycles. The number of anilines is 2. The summed E-state index contributed by atoms with van der Waals surface area (Å²) >= 11 is 0. The van der Waals surface area contributed by atoms with Crippen LogP contribution < -0.4 is 24.4 Å². The second-order valence-electron chi connectivity index (χ2n) is 10.8. The normalized spacial score (nSPS) is 11.0. The van der Waals surface area contributed by atoms with Crippen LogP contribution in [0.25, 0.3) is 0 Å². The highest BCUT2D eigenvalue weighted by Crippen LogP contribution is 2.31. The number of nitrogens with one attached hydrogen (secondary N) is 2. The van der Waals surface area contributed by atoms with Crippen LogP contribution in [-0.2, 0) is 32.7 Å². The van der Waals surface area contributed by atoms with Gasteiger partial charge in [0.15, 0.2) is 0 Å². The van der Waals surface area contributed by atoms with Gasteiger partial charge in [-0.15, -0.1) is 0 Å². The van der Waals surface area contributed by atoms with Gasteiger partial charge in [0, 0.05) is 31.7 Å². The lowest BCUT2D eigenvalue weighted by Gasteiger charge is -2.28. The Kier molecular flexibility index (Phi) is 12.0. The average Bonchev–Trinajstić information content (AvgIpc) is 3.01. The molecule has 0 spiro atoms. The fourth-order valence-corrected chi connectivity index (χ4v) is 5.37. The largest absolute Gasteiger partial charge is 0.494 e. The number of hydrogen-bond acceptors (Lipinski definition) is 7. The highest BCUT2D eigenvalue weighted by molar-refractivity contribution is 7.92. The van der Waals surface area contributed by atoms with Crippen LogP contribution in [0.4, 0.5) is 11.4 Å². The van der Waals surface area contributed by atoms with Crippen molar-refractivity contribution in [3.05, 3.63) is 114 Å². The third-order valence-electron chi connectivity index (χ3n) is 6.99. The van der Waals surface area contributed by atoms with Crippen molar-refractivity contribution in [2.45, 2.75) is 39.3 Å². The number of hydrogen-bond donors (Lipinski definition) is 3. The van der Waals surface area contributed by atoms with E-state index in [1.807, 2.05) is 73.7 Å². The van der Waals surface area contributed by atoms with Crippen LogP contribution in [-0.4, -0.2) is 44.8 Å². The molecule has 3 N–H and O–H groups in total. The first-order valence-electron chi connectivity index (χ1n) is 14.9. The number of amides is 1. The summed E-state index contributed by atoms with van der Waals surface area (Å²) in [5.41, 5.74) is 4.52. The Morgan fingerprint density at radius 1 is 0.783 bits per heavy atom. The van der Waals surface area contributed by atoms with Crippen LogP contribution >= 0.6 is 0 Å². The van der Waals surface area contributed by atoms with Crippen molar-refractivity contribution in [2.75, 3.05) is 29.0 Å². The molecule has 0 radical (unpaired) electrons. The highest BCUT2D eigenvalue weighted by atomic mass is 32.2. The number of aliphatic carboxylic acids is 1. The maximum absolute atomic E-state index is 11.9. The number of carbonyl (C=O) groups is 2. The minimum atomic E-state index is -3.42. The van der Waals surface area contributed by atoms with E-state index >= 15 is 0 Å². The topological polar surface area (TPSA) is 134 Å². The molecular weight excluding hydrogens is 606 g/mol. The number of carboxylic acid groups (broad SMARTS) is 1. The zero-order chi connectivity index (χ0) is 32.9. The summed E-state index contributed by atoms with van der Waals surface area (Å²) in [6.45, 7) is 3.62. The Morgan fingerprint density at radius 3 is 2.02 bits per heavy atom. The molecule has 10 nitrogen and oxygen atoms in total. The predicted molar refractivity (Wildman–Crippen MR) is 179 cm³/mol. The van der Waals surface area contributed by atoms with E-state index in [1.165, 1.54) is 0 Å². The number of nitrogens with zero attached hydrogens (tertiary/aromatic N) is 1. The van der Waals surface area contributed by atoms with Crippen molar-refractivity contribution in [3.63, 3.8) is 0 Å². The molecule has 0 saturated carbocycles. The number of carbonyl (C=O) groups excluding carboxylic acids is 1. The molecular formula is C35H39N3O7S.